The van der Waals surface area contributed by atoms with Crippen LogP contribution in [0.4, 0.5) is 0 Å². The van der Waals surface area contributed by atoms with E-state index >= 15 is 0 Å². The summed E-state index contributed by atoms with van der Waals surface area (Å²) in [5, 5.41) is 0. The molecule has 1 aromatic rings. The lowest BCUT2D eigenvalue weighted by Crippen LogP contribution is -2.47. The summed E-state index contributed by atoms with van der Waals surface area (Å²) in [4.78, 5) is 27.8. The van der Waals surface area contributed by atoms with Crippen LogP contribution in [0.25, 0.3) is 0 Å². The summed E-state index contributed by atoms with van der Waals surface area (Å²) in [6.45, 7) is 0. The summed E-state index contributed by atoms with van der Waals surface area (Å²) in [6.07, 6.45) is 3.81. The molecule has 0 aromatic carbocycles. The number of ether oxygens (including phenoxy) is 1. The molecular formula is C14H15N3O3. The van der Waals surface area contributed by atoms with Gasteiger partial charge in [0, 0.05) is 6.20 Å². The third-order valence-electron chi connectivity index (χ3n) is 4.54. The second-order valence-corrected chi connectivity index (χ2v) is 5.70. The van der Waals surface area contributed by atoms with Crippen molar-refractivity contribution in [2.24, 2.45) is 17.8 Å². The first-order valence-electron chi connectivity index (χ1n) is 6.91. The van der Waals surface area contributed by atoms with Crippen molar-refractivity contribution in [1.82, 2.24) is 15.8 Å². The summed E-state index contributed by atoms with van der Waals surface area (Å²) < 4.78 is 5.77. The van der Waals surface area contributed by atoms with Gasteiger partial charge in [-0.15, -0.1) is 0 Å². The van der Waals surface area contributed by atoms with Crippen LogP contribution in [0, 0.1) is 17.8 Å². The molecule has 2 amide bonds. The number of nitrogens with one attached hydrogen (secondary N) is 2. The van der Waals surface area contributed by atoms with Gasteiger partial charge in [0.25, 0.3) is 5.91 Å². The Kier molecular flexibility index (Phi) is 2.53. The summed E-state index contributed by atoms with van der Waals surface area (Å²) in [7, 11) is 0. The monoisotopic (exact) mass is 273 g/mol. The zero-order valence-corrected chi connectivity index (χ0v) is 10.8. The Morgan fingerprint density at radius 1 is 1.20 bits per heavy atom. The number of hydrogen-bond donors (Lipinski definition) is 2. The van der Waals surface area contributed by atoms with E-state index in [1.54, 1.807) is 18.2 Å². The number of fused-ring (bicyclic) bond motifs is 5. The Morgan fingerprint density at radius 3 is 2.80 bits per heavy atom. The van der Waals surface area contributed by atoms with Crippen LogP contribution in [0.1, 0.15) is 23.3 Å². The predicted molar refractivity (Wildman–Crippen MR) is 68.2 cm³/mol. The highest BCUT2D eigenvalue weighted by Gasteiger charge is 2.64. The van der Waals surface area contributed by atoms with Crippen molar-refractivity contribution in [1.29, 1.82) is 0 Å². The molecule has 2 bridgehead atoms. The lowest BCUT2D eigenvalue weighted by Gasteiger charge is -2.18. The number of aromatic nitrogens is 1. The van der Waals surface area contributed by atoms with Gasteiger partial charge in [-0.1, -0.05) is 6.07 Å². The van der Waals surface area contributed by atoms with E-state index in [-0.39, 0.29) is 29.7 Å². The largest absolute Gasteiger partial charge is 0.374 e. The predicted octanol–water partition coefficient (Wildman–Crippen LogP) is 0.266. The van der Waals surface area contributed by atoms with Crippen LogP contribution in [0.2, 0.25) is 0 Å². The minimum Gasteiger partial charge on any atom is -0.374 e. The average molecular weight is 273 g/mol. The normalized spacial score (nSPS) is 36.3. The van der Waals surface area contributed by atoms with Crippen molar-refractivity contribution in [2.45, 2.75) is 25.0 Å². The zero-order valence-electron chi connectivity index (χ0n) is 10.8. The molecule has 2 N–H and O–H groups in total. The van der Waals surface area contributed by atoms with Gasteiger partial charge < -0.3 is 4.74 Å². The molecule has 0 unspecified atom stereocenters. The summed E-state index contributed by atoms with van der Waals surface area (Å²) in [6, 6.07) is 5.05. The van der Waals surface area contributed by atoms with Gasteiger partial charge in [0.2, 0.25) is 5.91 Å². The van der Waals surface area contributed by atoms with Crippen molar-refractivity contribution in [3.8, 4) is 0 Å². The molecule has 2 aliphatic heterocycles. The SMILES string of the molecule is O=C(NNC(=O)[C@@H]1C[C@@H]2O[C@H]1[C@H]1C[C@H]12)c1ccccn1. The van der Waals surface area contributed by atoms with Gasteiger partial charge in [-0.05, 0) is 36.8 Å². The van der Waals surface area contributed by atoms with Gasteiger partial charge in [-0.2, -0.15) is 0 Å². The van der Waals surface area contributed by atoms with Gasteiger partial charge in [-0.3, -0.25) is 25.4 Å². The van der Waals surface area contributed by atoms with Gasteiger partial charge in [0.1, 0.15) is 5.69 Å². The molecule has 20 heavy (non-hydrogen) atoms. The van der Waals surface area contributed by atoms with E-state index < -0.39 is 5.91 Å². The highest BCUT2D eigenvalue weighted by atomic mass is 16.5. The maximum absolute atomic E-state index is 12.1. The Bertz CT molecular complexity index is 562. The number of pyridine rings is 1. The molecule has 3 aliphatic rings. The minimum absolute atomic E-state index is 0.0525. The first-order chi connectivity index (χ1) is 9.74. The second-order valence-electron chi connectivity index (χ2n) is 5.70. The van der Waals surface area contributed by atoms with Crippen LogP contribution >= 0.6 is 0 Å². The lowest BCUT2D eigenvalue weighted by atomic mass is 9.89. The average Bonchev–Trinajstić information content (AvgIpc) is 3.09. The van der Waals surface area contributed by atoms with Gasteiger partial charge in [0.05, 0.1) is 18.1 Å². The first-order valence-corrected chi connectivity index (χ1v) is 6.91. The quantitative estimate of drug-likeness (QED) is 0.758. The van der Waals surface area contributed by atoms with E-state index in [1.165, 1.54) is 12.6 Å². The Hall–Kier alpha value is -1.95. The molecule has 5 atom stereocenters. The number of carbonyl (C=O) groups excluding carboxylic acids is 2. The first kappa shape index (κ1) is 11.8. The van der Waals surface area contributed by atoms with Crippen LogP contribution in [0.15, 0.2) is 24.4 Å². The van der Waals surface area contributed by atoms with E-state index in [4.69, 9.17) is 4.74 Å². The fourth-order valence-corrected chi connectivity index (χ4v) is 3.48. The molecule has 0 radical (unpaired) electrons. The molecule has 3 fully saturated rings. The summed E-state index contributed by atoms with van der Waals surface area (Å²) in [5.74, 6) is 0.551. The smallest absolute Gasteiger partial charge is 0.288 e. The summed E-state index contributed by atoms with van der Waals surface area (Å²) >= 11 is 0. The van der Waals surface area contributed by atoms with E-state index in [2.05, 4.69) is 15.8 Å². The lowest BCUT2D eigenvalue weighted by molar-refractivity contribution is -0.127. The molecule has 4 rings (SSSR count). The van der Waals surface area contributed by atoms with E-state index in [9.17, 15) is 9.59 Å². The molecule has 3 heterocycles. The molecule has 0 spiro atoms. The molecule has 104 valence electrons. The van der Waals surface area contributed by atoms with E-state index in [0.717, 1.165) is 6.42 Å². The van der Waals surface area contributed by atoms with Crippen LogP contribution in [-0.4, -0.2) is 29.0 Å². The van der Waals surface area contributed by atoms with Gasteiger partial charge >= 0.3 is 0 Å². The third kappa shape index (κ3) is 1.79. The molecule has 1 aliphatic carbocycles. The fourth-order valence-electron chi connectivity index (χ4n) is 3.48. The van der Waals surface area contributed by atoms with Gasteiger partial charge in [-0.25, -0.2) is 0 Å². The number of rotatable bonds is 2. The van der Waals surface area contributed by atoms with E-state index in [0.29, 0.717) is 11.8 Å². The standard InChI is InChI=1S/C14H15N3O3/c18-13(9-6-11-7-5-8(7)12(9)20-11)16-17-14(19)10-3-1-2-4-15-10/h1-4,7-9,11-12H,5-6H2,(H,16,18)(H,17,19)/t7-,8+,9-,11+,12+/m1/s1. The van der Waals surface area contributed by atoms with Crippen LogP contribution in [0.5, 0.6) is 0 Å². The molecule has 6 heteroatoms. The maximum Gasteiger partial charge on any atom is 0.288 e. The van der Waals surface area contributed by atoms with E-state index in [1.807, 2.05) is 0 Å². The van der Waals surface area contributed by atoms with Crippen molar-refractivity contribution < 1.29 is 14.3 Å². The molecule has 1 aromatic heterocycles. The highest BCUT2D eigenvalue weighted by Crippen LogP contribution is 2.60. The van der Waals surface area contributed by atoms with Crippen molar-refractivity contribution in [3.05, 3.63) is 30.1 Å². The number of amides is 2. The number of hydrogen-bond acceptors (Lipinski definition) is 4. The topological polar surface area (TPSA) is 80.3 Å². The highest BCUT2D eigenvalue weighted by molar-refractivity contribution is 5.93. The van der Waals surface area contributed by atoms with Crippen molar-refractivity contribution in [3.63, 3.8) is 0 Å². The minimum atomic E-state index is -0.410. The zero-order chi connectivity index (χ0) is 13.7. The Balaban J connectivity index is 1.34. The number of nitrogens with zero attached hydrogens (tertiary/aromatic N) is 1. The number of hydrazine groups is 1. The molecule has 2 saturated heterocycles. The van der Waals surface area contributed by atoms with Crippen molar-refractivity contribution in [2.75, 3.05) is 0 Å². The molecule has 6 nitrogen and oxygen atoms in total. The van der Waals surface area contributed by atoms with Gasteiger partial charge in [0.15, 0.2) is 0 Å². The van der Waals surface area contributed by atoms with Crippen molar-refractivity contribution >= 4 is 11.8 Å². The third-order valence-corrected chi connectivity index (χ3v) is 4.54. The number of carbonyl (C=O) groups is 2. The molecular weight excluding hydrogens is 258 g/mol. The maximum atomic E-state index is 12.1. The Morgan fingerprint density at radius 2 is 2.10 bits per heavy atom. The van der Waals surface area contributed by atoms with Crippen LogP contribution in [-0.2, 0) is 9.53 Å². The van der Waals surface area contributed by atoms with Crippen LogP contribution < -0.4 is 10.9 Å². The summed E-state index contributed by atoms with van der Waals surface area (Å²) in [5.41, 5.74) is 5.17. The second kappa shape index (κ2) is 4.28. The van der Waals surface area contributed by atoms with Crippen LogP contribution in [0.3, 0.4) is 0 Å². The Labute approximate surface area is 115 Å². The molecule has 1 saturated carbocycles. The fraction of sp³-hybridized carbons (Fsp3) is 0.500.